The Kier molecular flexibility index (Phi) is 3.24. The number of nitrogens with zero attached hydrogens (tertiary/aromatic N) is 4. The van der Waals surface area contributed by atoms with E-state index in [1.165, 1.54) is 4.68 Å². The van der Waals surface area contributed by atoms with Crippen LogP contribution in [0.4, 0.5) is 0 Å². The second-order valence-corrected chi connectivity index (χ2v) is 4.99. The summed E-state index contributed by atoms with van der Waals surface area (Å²) >= 11 is 6.00. The zero-order chi connectivity index (χ0) is 15.0. The molecule has 0 saturated heterocycles. The molecule has 0 unspecified atom stereocenters. The maximum Gasteiger partial charge on any atom is 0.294 e. The van der Waals surface area contributed by atoms with E-state index in [-0.39, 0.29) is 12.1 Å². The van der Waals surface area contributed by atoms with Gasteiger partial charge in [-0.3, -0.25) is 4.79 Å². The molecular weight excluding hydrogens is 288 g/mol. The summed E-state index contributed by atoms with van der Waals surface area (Å²) in [6.07, 6.45) is 6.90. The first kappa shape index (κ1) is 13.4. The summed E-state index contributed by atoms with van der Waals surface area (Å²) < 4.78 is 2.83. The zero-order valence-corrected chi connectivity index (χ0v) is 12.0. The Morgan fingerprint density at radius 3 is 2.95 bits per heavy atom. The van der Waals surface area contributed by atoms with Gasteiger partial charge in [0.2, 0.25) is 0 Å². The van der Waals surface area contributed by atoms with Gasteiger partial charge in [-0.15, -0.1) is 6.42 Å². The zero-order valence-electron chi connectivity index (χ0n) is 11.2. The Balaban J connectivity index is 2.36. The van der Waals surface area contributed by atoms with Crippen LogP contribution >= 0.6 is 11.6 Å². The molecule has 0 bridgehead atoms. The van der Waals surface area contributed by atoms with E-state index in [9.17, 15) is 4.79 Å². The number of aryl methyl sites for hydroxylation is 1. The van der Waals surface area contributed by atoms with Crippen LogP contribution in [0.1, 0.15) is 5.69 Å². The summed E-state index contributed by atoms with van der Waals surface area (Å²) in [6, 6.07) is 7.15. The molecule has 0 aliphatic carbocycles. The molecule has 0 saturated carbocycles. The van der Waals surface area contributed by atoms with Gasteiger partial charge in [0, 0.05) is 10.4 Å². The van der Waals surface area contributed by atoms with Crippen LogP contribution in [-0.4, -0.2) is 19.6 Å². The summed E-state index contributed by atoms with van der Waals surface area (Å²) in [7, 11) is 0. The van der Waals surface area contributed by atoms with Crippen molar-refractivity contribution in [3.63, 3.8) is 0 Å². The Bertz CT molecular complexity index is 933. The summed E-state index contributed by atoms with van der Waals surface area (Å²) in [5, 5.41) is 9.76. The predicted octanol–water partition coefficient (Wildman–Crippen LogP) is 2.18. The number of terminal acetylenes is 1. The minimum atomic E-state index is -0.272. The van der Waals surface area contributed by atoms with Gasteiger partial charge < -0.3 is 0 Å². The van der Waals surface area contributed by atoms with Crippen LogP contribution in [0.25, 0.3) is 16.6 Å². The molecule has 0 amide bonds. The van der Waals surface area contributed by atoms with Gasteiger partial charge in [-0.25, -0.2) is 9.36 Å². The summed E-state index contributed by atoms with van der Waals surface area (Å²) in [6.45, 7) is 1.94. The minimum absolute atomic E-state index is 0.121. The lowest BCUT2D eigenvalue weighted by molar-refractivity contribution is 0.657. The Morgan fingerprint density at radius 1 is 1.43 bits per heavy atom. The van der Waals surface area contributed by atoms with E-state index in [4.69, 9.17) is 18.0 Å². The van der Waals surface area contributed by atoms with Crippen LogP contribution in [0, 0.1) is 19.3 Å². The van der Waals surface area contributed by atoms with Crippen molar-refractivity contribution in [1.82, 2.24) is 19.6 Å². The van der Waals surface area contributed by atoms with Gasteiger partial charge in [-0.1, -0.05) is 23.6 Å². The molecule has 0 aliphatic rings. The average Bonchev–Trinajstić information content (AvgIpc) is 2.90. The smallest absolute Gasteiger partial charge is 0.265 e. The van der Waals surface area contributed by atoms with Crippen LogP contribution in [0.15, 0.2) is 35.3 Å². The summed E-state index contributed by atoms with van der Waals surface area (Å²) in [5.74, 6) is 2.43. The van der Waals surface area contributed by atoms with Crippen molar-refractivity contribution in [3.05, 3.63) is 51.5 Å². The van der Waals surface area contributed by atoms with Gasteiger partial charge in [0.15, 0.2) is 0 Å². The molecule has 6 heteroatoms. The van der Waals surface area contributed by atoms with Gasteiger partial charge in [-0.2, -0.15) is 10.2 Å². The lowest BCUT2D eigenvalue weighted by Gasteiger charge is -2.06. The molecule has 0 spiro atoms. The molecule has 0 radical (unpaired) electrons. The van der Waals surface area contributed by atoms with Crippen molar-refractivity contribution in [2.75, 3.05) is 0 Å². The number of aromatic nitrogens is 4. The molecule has 0 aliphatic heterocycles. The van der Waals surface area contributed by atoms with Crippen LogP contribution in [0.2, 0.25) is 5.02 Å². The van der Waals surface area contributed by atoms with E-state index in [0.29, 0.717) is 27.3 Å². The fraction of sp³-hybridized carbons (Fsp3) is 0.133. The summed E-state index contributed by atoms with van der Waals surface area (Å²) in [4.78, 5) is 12.5. The fourth-order valence-electron chi connectivity index (χ4n) is 2.22. The van der Waals surface area contributed by atoms with Gasteiger partial charge >= 0.3 is 0 Å². The maximum absolute atomic E-state index is 12.5. The SMILES string of the molecule is C#CCn1nc(C)c2cnn(-c3cccc(Cl)c3)c2c1=O. The molecule has 5 nitrogen and oxygen atoms in total. The van der Waals surface area contributed by atoms with E-state index in [2.05, 4.69) is 16.1 Å². The molecule has 3 rings (SSSR count). The Morgan fingerprint density at radius 2 is 2.24 bits per heavy atom. The molecular formula is C15H11ClN4O. The summed E-state index contributed by atoms with van der Waals surface area (Å²) in [5.41, 5.74) is 1.59. The monoisotopic (exact) mass is 298 g/mol. The fourth-order valence-corrected chi connectivity index (χ4v) is 2.40. The van der Waals surface area contributed by atoms with Gasteiger partial charge in [0.1, 0.15) is 12.1 Å². The molecule has 0 fully saturated rings. The van der Waals surface area contributed by atoms with Crippen molar-refractivity contribution in [1.29, 1.82) is 0 Å². The molecule has 104 valence electrons. The molecule has 0 N–H and O–H groups in total. The van der Waals surface area contributed by atoms with E-state index >= 15 is 0 Å². The first-order valence-electron chi connectivity index (χ1n) is 6.26. The highest BCUT2D eigenvalue weighted by Crippen LogP contribution is 2.19. The highest BCUT2D eigenvalue weighted by Gasteiger charge is 2.14. The van der Waals surface area contributed by atoms with Gasteiger partial charge in [0.05, 0.1) is 17.6 Å². The van der Waals surface area contributed by atoms with E-state index in [1.807, 2.05) is 13.0 Å². The third-order valence-electron chi connectivity index (χ3n) is 3.16. The predicted molar refractivity (Wildman–Crippen MR) is 81.7 cm³/mol. The number of rotatable bonds is 2. The van der Waals surface area contributed by atoms with E-state index < -0.39 is 0 Å². The highest BCUT2D eigenvalue weighted by atomic mass is 35.5. The molecule has 1 aromatic carbocycles. The van der Waals surface area contributed by atoms with Gasteiger partial charge in [0.25, 0.3) is 5.56 Å². The topological polar surface area (TPSA) is 52.7 Å². The number of halogens is 1. The van der Waals surface area contributed by atoms with Crippen molar-refractivity contribution in [3.8, 4) is 18.0 Å². The molecule has 3 aromatic rings. The minimum Gasteiger partial charge on any atom is -0.265 e. The Hall–Kier alpha value is -2.58. The number of hydrogen-bond acceptors (Lipinski definition) is 3. The maximum atomic E-state index is 12.5. The van der Waals surface area contributed by atoms with Crippen molar-refractivity contribution >= 4 is 22.5 Å². The lowest BCUT2D eigenvalue weighted by atomic mass is 10.2. The normalized spacial score (nSPS) is 10.7. The van der Waals surface area contributed by atoms with Crippen LogP contribution in [-0.2, 0) is 6.54 Å². The standard InChI is InChI=1S/C15H11ClN4O/c1-3-7-19-15(21)14-13(10(2)18-19)9-17-20(14)12-6-4-5-11(16)8-12/h1,4-6,8-9H,7H2,2H3. The third-order valence-corrected chi connectivity index (χ3v) is 3.40. The second-order valence-electron chi connectivity index (χ2n) is 4.55. The number of benzene rings is 1. The molecule has 2 heterocycles. The second kappa shape index (κ2) is 5.08. The van der Waals surface area contributed by atoms with Gasteiger partial charge in [-0.05, 0) is 25.1 Å². The number of hydrogen-bond donors (Lipinski definition) is 0. The van der Waals surface area contributed by atoms with Crippen molar-refractivity contribution < 1.29 is 0 Å². The van der Waals surface area contributed by atoms with E-state index in [1.54, 1.807) is 29.1 Å². The van der Waals surface area contributed by atoms with Crippen LogP contribution < -0.4 is 5.56 Å². The van der Waals surface area contributed by atoms with Crippen molar-refractivity contribution in [2.24, 2.45) is 0 Å². The highest BCUT2D eigenvalue weighted by molar-refractivity contribution is 6.30. The average molecular weight is 299 g/mol. The number of fused-ring (bicyclic) bond motifs is 1. The third kappa shape index (κ3) is 2.20. The van der Waals surface area contributed by atoms with Crippen LogP contribution in [0.3, 0.4) is 0 Å². The van der Waals surface area contributed by atoms with E-state index in [0.717, 1.165) is 0 Å². The quantitative estimate of drug-likeness (QED) is 0.681. The van der Waals surface area contributed by atoms with Crippen LogP contribution in [0.5, 0.6) is 0 Å². The molecule has 2 aromatic heterocycles. The lowest BCUT2D eigenvalue weighted by Crippen LogP contribution is -2.25. The first-order chi connectivity index (χ1) is 10.1. The Labute approximate surface area is 125 Å². The first-order valence-corrected chi connectivity index (χ1v) is 6.64. The molecule has 0 atom stereocenters. The van der Waals surface area contributed by atoms with Crippen molar-refractivity contribution in [2.45, 2.75) is 13.5 Å². The largest absolute Gasteiger partial charge is 0.294 e. The molecule has 21 heavy (non-hydrogen) atoms.